The summed E-state index contributed by atoms with van der Waals surface area (Å²) in [7, 11) is 0. The van der Waals surface area contributed by atoms with E-state index in [1.807, 2.05) is 25.3 Å². The van der Waals surface area contributed by atoms with Gasteiger partial charge in [0.2, 0.25) is 5.95 Å². The number of rotatable bonds is 4. The topological polar surface area (TPSA) is 78.6 Å². The number of aromatic hydroxyl groups is 1. The van der Waals surface area contributed by atoms with Gasteiger partial charge in [-0.25, -0.2) is 9.50 Å². The van der Waals surface area contributed by atoms with Gasteiger partial charge >= 0.3 is 0 Å². The third-order valence-electron chi connectivity index (χ3n) is 5.03. The highest BCUT2D eigenvalue weighted by Crippen LogP contribution is 2.34. The second kappa shape index (κ2) is 7.32. The first-order valence-electron chi connectivity index (χ1n) is 9.25. The number of nitrogens with zero attached hydrogens (tertiary/aromatic N) is 5. The predicted molar refractivity (Wildman–Crippen MR) is 106 cm³/mol. The minimum Gasteiger partial charge on any atom is -0.507 e. The third-order valence-corrected chi connectivity index (χ3v) is 5.25. The van der Waals surface area contributed by atoms with E-state index in [0.29, 0.717) is 34.0 Å². The summed E-state index contributed by atoms with van der Waals surface area (Å²) in [5.41, 5.74) is 2.16. The molecule has 1 saturated heterocycles. The number of piperidine rings is 1. The monoisotopic (exact) mass is 386 g/mol. The van der Waals surface area contributed by atoms with E-state index in [1.165, 1.54) is 12.5 Å². The molecule has 0 unspecified atom stereocenters. The molecule has 1 aromatic carbocycles. The maximum Gasteiger partial charge on any atom is 0.254 e. The van der Waals surface area contributed by atoms with E-state index in [2.05, 4.69) is 32.2 Å². The number of phenols is 1. The molecule has 7 nitrogen and oxygen atoms in total. The number of phenolic OH excluding ortho intramolecular Hbond substituents is 1. The predicted octanol–water partition coefficient (Wildman–Crippen LogP) is 3.35. The van der Waals surface area contributed by atoms with Crippen molar-refractivity contribution in [1.29, 1.82) is 0 Å². The Bertz CT molecular complexity index is 949. The molecule has 4 rings (SSSR count). The average molecular weight is 387 g/mol. The largest absolute Gasteiger partial charge is 0.507 e. The Kier molecular flexibility index (Phi) is 4.88. The first-order valence-corrected chi connectivity index (χ1v) is 9.63. The van der Waals surface area contributed by atoms with Gasteiger partial charge in [0.25, 0.3) is 5.78 Å². The normalized spacial score (nSPS) is 18.1. The van der Waals surface area contributed by atoms with Crippen LogP contribution in [0.5, 0.6) is 5.75 Å². The average Bonchev–Trinajstić information content (AvgIpc) is 3.02. The Morgan fingerprint density at radius 1 is 1.33 bits per heavy atom. The smallest absolute Gasteiger partial charge is 0.254 e. The van der Waals surface area contributed by atoms with Crippen LogP contribution in [0.25, 0.3) is 17.0 Å². The Hall–Kier alpha value is -2.38. The number of aryl methyl sites for hydroxylation is 1. The molecule has 142 valence electrons. The van der Waals surface area contributed by atoms with Crippen molar-refractivity contribution in [1.82, 2.24) is 24.5 Å². The fourth-order valence-electron chi connectivity index (χ4n) is 3.68. The zero-order valence-corrected chi connectivity index (χ0v) is 16.2. The molecule has 1 aliphatic rings. The molecular weight excluding hydrogens is 364 g/mol. The van der Waals surface area contributed by atoms with Crippen LogP contribution in [0.3, 0.4) is 0 Å². The zero-order valence-electron chi connectivity index (χ0n) is 15.5. The van der Waals surface area contributed by atoms with Crippen LogP contribution in [-0.4, -0.2) is 55.3 Å². The Morgan fingerprint density at radius 2 is 2.19 bits per heavy atom. The molecule has 2 N–H and O–H groups in total. The highest BCUT2D eigenvalue weighted by molar-refractivity contribution is 6.31. The van der Waals surface area contributed by atoms with Gasteiger partial charge in [0, 0.05) is 29.4 Å². The van der Waals surface area contributed by atoms with Gasteiger partial charge in [-0.2, -0.15) is 4.98 Å². The molecule has 3 heterocycles. The van der Waals surface area contributed by atoms with E-state index < -0.39 is 0 Å². The number of likely N-dealkylation sites (N-methyl/N-ethyl adjacent to an activating group) is 1. The molecule has 3 aromatic rings. The summed E-state index contributed by atoms with van der Waals surface area (Å²) in [6.45, 7) is 7.30. The second-order valence-electron chi connectivity index (χ2n) is 6.99. The lowest BCUT2D eigenvalue weighted by Gasteiger charge is -2.31. The lowest BCUT2D eigenvalue weighted by molar-refractivity contribution is 0.226. The number of hydrogen-bond donors (Lipinski definition) is 2. The van der Waals surface area contributed by atoms with Crippen molar-refractivity contribution in [2.24, 2.45) is 0 Å². The SMILES string of the molecule is CCN1CCC[C@@H](Nc2nc3nc(-c4c(C)cc(Cl)cc4O)ccn3n2)C1. The quantitative estimate of drug-likeness (QED) is 0.715. The first-order chi connectivity index (χ1) is 13.0. The number of likely N-dealkylation sites (tertiary alicyclic amines) is 1. The van der Waals surface area contributed by atoms with Gasteiger partial charge < -0.3 is 15.3 Å². The van der Waals surface area contributed by atoms with Crippen molar-refractivity contribution in [3.8, 4) is 17.0 Å². The fraction of sp³-hybridized carbons (Fsp3) is 0.421. The zero-order chi connectivity index (χ0) is 19.0. The van der Waals surface area contributed by atoms with Crippen molar-refractivity contribution in [2.75, 3.05) is 25.0 Å². The highest BCUT2D eigenvalue weighted by atomic mass is 35.5. The number of halogens is 1. The molecule has 0 amide bonds. The summed E-state index contributed by atoms with van der Waals surface area (Å²) in [6.07, 6.45) is 4.10. The molecular formula is C19H23ClN6O. The van der Waals surface area contributed by atoms with Gasteiger partial charge in [-0.15, -0.1) is 5.10 Å². The van der Waals surface area contributed by atoms with Crippen LogP contribution in [0.4, 0.5) is 5.95 Å². The van der Waals surface area contributed by atoms with Crippen molar-refractivity contribution < 1.29 is 5.11 Å². The summed E-state index contributed by atoms with van der Waals surface area (Å²) in [6, 6.07) is 5.50. The Labute approximate surface area is 163 Å². The molecule has 27 heavy (non-hydrogen) atoms. The van der Waals surface area contributed by atoms with Gasteiger partial charge in [-0.05, 0) is 56.6 Å². The van der Waals surface area contributed by atoms with Crippen LogP contribution >= 0.6 is 11.6 Å². The summed E-state index contributed by atoms with van der Waals surface area (Å²) < 4.78 is 1.65. The fourth-order valence-corrected chi connectivity index (χ4v) is 3.95. The van der Waals surface area contributed by atoms with Gasteiger partial charge in [-0.1, -0.05) is 18.5 Å². The third kappa shape index (κ3) is 3.70. The summed E-state index contributed by atoms with van der Waals surface area (Å²) in [5, 5.41) is 18.7. The Morgan fingerprint density at radius 3 is 2.96 bits per heavy atom. The molecule has 1 atom stereocenters. The van der Waals surface area contributed by atoms with Gasteiger partial charge in [-0.3, -0.25) is 0 Å². The first kappa shape index (κ1) is 18.0. The van der Waals surface area contributed by atoms with Crippen molar-refractivity contribution >= 4 is 23.3 Å². The summed E-state index contributed by atoms with van der Waals surface area (Å²) >= 11 is 6.00. The molecule has 2 aromatic heterocycles. The summed E-state index contributed by atoms with van der Waals surface area (Å²) in [4.78, 5) is 11.5. The Balaban J connectivity index is 1.61. The standard InChI is InChI=1S/C19H23ClN6O/c1-3-25-7-4-5-14(11-25)21-18-23-19-22-15(6-8-26(19)24-18)17-12(2)9-13(20)10-16(17)27/h6,8-10,14,27H,3-5,7,11H2,1-2H3,(H,21,24)/t14-/m1/s1. The van der Waals surface area contributed by atoms with Crippen molar-refractivity contribution in [3.05, 3.63) is 35.0 Å². The van der Waals surface area contributed by atoms with Crippen LogP contribution < -0.4 is 5.32 Å². The number of nitrogens with one attached hydrogen (secondary N) is 1. The number of fused-ring (bicyclic) bond motifs is 1. The van der Waals surface area contributed by atoms with E-state index in [9.17, 15) is 5.11 Å². The number of aromatic nitrogens is 4. The van der Waals surface area contributed by atoms with Gasteiger partial charge in [0.15, 0.2) is 0 Å². The molecule has 1 aliphatic heterocycles. The van der Waals surface area contributed by atoms with Crippen molar-refractivity contribution in [3.63, 3.8) is 0 Å². The maximum absolute atomic E-state index is 10.3. The molecule has 8 heteroatoms. The molecule has 0 aliphatic carbocycles. The molecule has 0 bridgehead atoms. The van der Waals surface area contributed by atoms with E-state index >= 15 is 0 Å². The summed E-state index contributed by atoms with van der Waals surface area (Å²) in [5.74, 6) is 1.18. The van der Waals surface area contributed by atoms with E-state index in [4.69, 9.17) is 11.6 Å². The van der Waals surface area contributed by atoms with Gasteiger partial charge in [0.05, 0.1) is 5.69 Å². The minimum atomic E-state index is 0.108. The number of hydrogen-bond acceptors (Lipinski definition) is 6. The lowest BCUT2D eigenvalue weighted by atomic mass is 10.0. The molecule has 1 fully saturated rings. The van der Waals surface area contributed by atoms with Crippen LogP contribution in [0, 0.1) is 6.92 Å². The molecule has 0 saturated carbocycles. The van der Waals surface area contributed by atoms with Crippen LogP contribution in [0.15, 0.2) is 24.4 Å². The number of anilines is 1. The van der Waals surface area contributed by atoms with E-state index in [1.54, 1.807) is 4.52 Å². The minimum absolute atomic E-state index is 0.108. The second-order valence-corrected chi connectivity index (χ2v) is 7.42. The van der Waals surface area contributed by atoms with Crippen LogP contribution in [0.2, 0.25) is 5.02 Å². The lowest BCUT2D eigenvalue weighted by Crippen LogP contribution is -2.42. The highest BCUT2D eigenvalue weighted by Gasteiger charge is 2.20. The molecule has 0 spiro atoms. The van der Waals surface area contributed by atoms with E-state index in [0.717, 1.165) is 31.6 Å². The van der Waals surface area contributed by atoms with Crippen LogP contribution in [-0.2, 0) is 0 Å². The van der Waals surface area contributed by atoms with E-state index in [-0.39, 0.29) is 5.75 Å². The number of benzene rings is 1. The molecule has 0 radical (unpaired) electrons. The maximum atomic E-state index is 10.3. The van der Waals surface area contributed by atoms with Gasteiger partial charge in [0.1, 0.15) is 5.75 Å². The van der Waals surface area contributed by atoms with Crippen molar-refractivity contribution in [2.45, 2.75) is 32.7 Å². The van der Waals surface area contributed by atoms with Crippen LogP contribution in [0.1, 0.15) is 25.3 Å².